The Kier molecular flexibility index (Phi) is 2.65. The predicted molar refractivity (Wildman–Crippen MR) is 60.3 cm³/mol. The molecule has 76 valence electrons. The van der Waals surface area contributed by atoms with Crippen LogP contribution < -0.4 is 0 Å². The van der Waals surface area contributed by atoms with Gasteiger partial charge in [-0.1, -0.05) is 35.0 Å². The van der Waals surface area contributed by atoms with Crippen molar-refractivity contribution < 1.29 is 4.39 Å². The molecule has 2 unspecified atom stereocenters. The Morgan fingerprint density at radius 2 is 2.00 bits per heavy atom. The standard InChI is InChI=1S/C12H14BrF/c1-12(7-6-10(13)8-12)9-2-4-11(14)5-3-9/h2-5,10H,6-8H2,1H3. The zero-order valence-electron chi connectivity index (χ0n) is 8.26. The topological polar surface area (TPSA) is 0 Å². The van der Waals surface area contributed by atoms with E-state index in [9.17, 15) is 4.39 Å². The van der Waals surface area contributed by atoms with E-state index in [4.69, 9.17) is 0 Å². The summed E-state index contributed by atoms with van der Waals surface area (Å²) in [6, 6.07) is 6.95. The SMILES string of the molecule is CC1(c2ccc(F)cc2)CCC(Br)C1. The summed E-state index contributed by atoms with van der Waals surface area (Å²) < 4.78 is 12.8. The second kappa shape index (κ2) is 3.65. The van der Waals surface area contributed by atoms with E-state index in [2.05, 4.69) is 22.9 Å². The summed E-state index contributed by atoms with van der Waals surface area (Å²) in [7, 11) is 0. The molecule has 1 aromatic rings. The monoisotopic (exact) mass is 256 g/mol. The van der Waals surface area contributed by atoms with Crippen LogP contribution in [-0.4, -0.2) is 4.83 Å². The lowest BCUT2D eigenvalue weighted by Crippen LogP contribution is -2.17. The fourth-order valence-electron chi connectivity index (χ4n) is 2.28. The Hall–Kier alpha value is -0.370. The third-order valence-corrected chi connectivity index (χ3v) is 4.00. The van der Waals surface area contributed by atoms with Gasteiger partial charge in [-0.2, -0.15) is 0 Å². The van der Waals surface area contributed by atoms with Gasteiger partial charge in [0.15, 0.2) is 0 Å². The summed E-state index contributed by atoms with van der Waals surface area (Å²) in [6.07, 6.45) is 3.56. The number of halogens is 2. The van der Waals surface area contributed by atoms with Crippen molar-refractivity contribution in [1.29, 1.82) is 0 Å². The van der Waals surface area contributed by atoms with E-state index in [-0.39, 0.29) is 11.2 Å². The molecule has 14 heavy (non-hydrogen) atoms. The minimum atomic E-state index is -0.147. The number of hydrogen-bond acceptors (Lipinski definition) is 0. The summed E-state index contributed by atoms with van der Waals surface area (Å²) in [6.45, 7) is 2.27. The van der Waals surface area contributed by atoms with Crippen molar-refractivity contribution in [2.75, 3.05) is 0 Å². The molecule has 0 amide bonds. The Balaban J connectivity index is 2.26. The minimum Gasteiger partial charge on any atom is -0.207 e. The molecule has 2 rings (SSSR count). The smallest absolute Gasteiger partial charge is 0.123 e. The van der Waals surface area contributed by atoms with E-state index in [0.717, 1.165) is 6.42 Å². The molecule has 1 fully saturated rings. The van der Waals surface area contributed by atoms with Gasteiger partial charge in [0.1, 0.15) is 5.82 Å². The average molecular weight is 257 g/mol. The van der Waals surface area contributed by atoms with E-state index >= 15 is 0 Å². The van der Waals surface area contributed by atoms with Gasteiger partial charge in [0, 0.05) is 4.83 Å². The lowest BCUT2D eigenvalue weighted by Gasteiger charge is -2.24. The molecule has 0 N–H and O–H groups in total. The Bertz CT molecular complexity index is 320. The van der Waals surface area contributed by atoms with E-state index in [1.807, 2.05) is 12.1 Å². The molecule has 0 bridgehead atoms. The van der Waals surface area contributed by atoms with Gasteiger partial charge in [0.05, 0.1) is 0 Å². The van der Waals surface area contributed by atoms with Crippen LogP contribution in [0, 0.1) is 5.82 Å². The lowest BCUT2D eigenvalue weighted by molar-refractivity contribution is 0.491. The highest BCUT2D eigenvalue weighted by molar-refractivity contribution is 9.09. The fourth-order valence-corrected chi connectivity index (χ4v) is 3.23. The van der Waals surface area contributed by atoms with Gasteiger partial charge in [0.2, 0.25) is 0 Å². The van der Waals surface area contributed by atoms with Crippen LogP contribution in [0.25, 0.3) is 0 Å². The summed E-state index contributed by atoms with van der Waals surface area (Å²) in [5, 5.41) is 0. The molecule has 1 aliphatic carbocycles. The maximum Gasteiger partial charge on any atom is 0.123 e. The normalized spacial score (nSPS) is 32.1. The lowest BCUT2D eigenvalue weighted by atomic mass is 9.81. The van der Waals surface area contributed by atoms with Crippen LogP contribution in [-0.2, 0) is 5.41 Å². The number of benzene rings is 1. The molecule has 0 heterocycles. The maximum atomic E-state index is 12.8. The summed E-state index contributed by atoms with van der Waals surface area (Å²) >= 11 is 3.65. The van der Waals surface area contributed by atoms with Gasteiger partial charge in [-0.25, -0.2) is 4.39 Å². The molecule has 1 aromatic carbocycles. The molecule has 0 radical (unpaired) electrons. The highest BCUT2D eigenvalue weighted by Crippen LogP contribution is 2.43. The Morgan fingerprint density at radius 3 is 2.50 bits per heavy atom. The Morgan fingerprint density at radius 1 is 1.36 bits per heavy atom. The van der Waals surface area contributed by atoms with E-state index in [1.54, 1.807) is 12.1 Å². The first kappa shape index (κ1) is 10.2. The summed E-state index contributed by atoms with van der Waals surface area (Å²) in [4.78, 5) is 0.623. The van der Waals surface area contributed by atoms with E-state index in [1.165, 1.54) is 18.4 Å². The summed E-state index contributed by atoms with van der Waals surface area (Å²) in [5.41, 5.74) is 1.50. The zero-order valence-corrected chi connectivity index (χ0v) is 9.85. The quantitative estimate of drug-likeness (QED) is 0.666. The van der Waals surface area contributed by atoms with Gasteiger partial charge >= 0.3 is 0 Å². The largest absolute Gasteiger partial charge is 0.207 e. The molecule has 2 atom stereocenters. The van der Waals surface area contributed by atoms with Gasteiger partial charge in [-0.3, -0.25) is 0 Å². The van der Waals surface area contributed by atoms with E-state index < -0.39 is 0 Å². The van der Waals surface area contributed by atoms with Gasteiger partial charge in [-0.15, -0.1) is 0 Å². The molecule has 0 aromatic heterocycles. The highest BCUT2D eigenvalue weighted by Gasteiger charge is 2.35. The molecule has 0 spiro atoms. The third kappa shape index (κ3) is 1.85. The fraction of sp³-hybridized carbons (Fsp3) is 0.500. The van der Waals surface area contributed by atoms with Crippen LogP contribution in [0.4, 0.5) is 4.39 Å². The highest BCUT2D eigenvalue weighted by atomic mass is 79.9. The second-order valence-corrected chi connectivity index (χ2v) is 5.70. The molecule has 2 heteroatoms. The van der Waals surface area contributed by atoms with Crippen molar-refractivity contribution in [3.05, 3.63) is 35.6 Å². The van der Waals surface area contributed by atoms with E-state index in [0.29, 0.717) is 4.83 Å². The van der Waals surface area contributed by atoms with Gasteiger partial charge in [0.25, 0.3) is 0 Å². The maximum absolute atomic E-state index is 12.8. The molecule has 1 aliphatic rings. The Labute approximate surface area is 92.6 Å². The van der Waals surface area contributed by atoms with Crippen molar-refractivity contribution in [2.24, 2.45) is 0 Å². The van der Waals surface area contributed by atoms with Crippen molar-refractivity contribution in [3.63, 3.8) is 0 Å². The third-order valence-electron chi connectivity index (χ3n) is 3.22. The summed E-state index contributed by atoms with van der Waals surface area (Å²) in [5.74, 6) is -0.147. The minimum absolute atomic E-state index is 0.147. The number of rotatable bonds is 1. The molecule has 1 saturated carbocycles. The van der Waals surface area contributed by atoms with Crippen LogP contribution in [0.1, 0.15) is 31.7 Å². The van der Waals surface area contributed by atoms with Crippen molar-refractivity contribution >= 4 is 15.9 Å². The molecule has 0 aliphatic heterocycles. The molecular formula is C12H14BrF. The van der Waals surface area contributed by atoms with Crippen molar-refractivity contribution in [2.45, 2.75) is 36.4 Å². The van der Waals surface area contributed by atoms with Crippen LogP contribution in [0.15, 0.2) is 24.3 Å². The van der Waals surface area contributed by atoms with Gasteiger partial charge < -0.3 is 0 Å². The average Bonchev–Trinajstić information content (AvgIpc) is 2.48. The number of alkyl halides is 1. The van der Waals surface area contributed by atoms with Gasteiger partial charge in [-0.05, 0) is 42.4 Å². The van der Waals surface area contributed by atoms with Crippen molar-refractivity contribution in [1.82, 2.24) is 0 Å². The number of hydrogen-bond donors (Lipinski definition) is 0. The first-order valence-corrected chi connectivity index (χ1v) is 5.92. The molecular weight excluding hydrogens is 243 g/mol. The van der Waals surface area contributed by atoms with Crippen LogP contribution >= 0.6 is 15.9 Å². The van der Waals surface area contributed by atoms with Crippen molar-refractivity contribution in [3.8, 4) is 0 Å². The van der Waals surface area contributed by atoms with Crippen LogP contribution in [0.2, 0.25) is 0 Å². The van der Waals surface area contributed by atoms with Crippen LogP contribution in [0.5, 0.6) is 0 Å². The second-order valence-electron chi connectivity index (χ2n) is 4.41. The van der Waals surface area contributed by atoms with Crippen LogP contribution in [0.3, 0.4) is 0 Å². The molecule has 0 saturated heterocycles. The first-order chi connectivity index (χ1) is 6.60. The first-order valence-electron chi connectivity index (χ1n) is 5.00. The molecule has 0 nitrogen and oxygen atoms in total. The predicted octanol–water partition coefficient (Wildman–Crippen LogP) is 4.03. The zero-order chi connectivity index (χ0) is 10.2.